The van der Waals surface area contributed by atoms with Crippen molar-refractivity contribution in [1.82, 2.24) is 0 Å². The van der Waals surface area contributed by atoms with Crippen molar-refractivity contribution in [2.75, 3.05) is 0 Å². The number of aliphatic hydroxyl groups is 1. The highest BCUT2D eigenvalue weighted by molar-refractivity contribution is 5.78. The summed E-state index contributed by atoms with van der Waals surface area (Å²) in [4.78, 5) is 10.9. The van der Waals surface area contributed by atoms with E-state index >= 15 is 0 Å². The van der Waals surface area contributed by atoms with Crippen molar-refractivity contribution in [3.63, 3.8) is 0 Å². The van der Waals surface area contributed by atoms with Gasteiger partial charge in [0.25, 0.3) is 0 Å². The zero-order valence-corrected chi connectivity index (χ0v) is 7.63. The molecular weight excluding hydrogens is 140 g/mol. The Kier molecular flexibility index (Phi) is 5.12. The first-order valence-corrected chi connectivity index (χ1v) is 4.30. The highest BCUT2D eigenvalue weighted by Crippen LogP contribution is 2.13. The number of ketones is 1. The number of hydrogen-bond donors (Lipinski definition) is 1. The lowest BCUT2D eigenvalue weighted by molar-refractivity contribution is -0.121. The van der Waals surface area contributed by atoms with E-state index in [9.17, 15) is 9.90 Å². The van der Waals surface area contributed by atoms with Gasteiger partial charge in [0, 0.05) is 5.92 Å². The molecule has 2 unspecified atom stereocenters. The average molecular weight is 158 g/mol. The molecule has 0 spiro atoms. The molecule has 0 aliphatic carbocycles. The third kappa shape index (κ3) is 4.14. The summed E-state index contributed by atoms with van der Waals surface area (Å²) in [7, 11) is 0. The summed E-state index contributed by atoms with van der Waals surface area (Å²) in [5, 5.41) is 9.26. The van der Waals surface area contributed by atoms with Crippen LogP contribution in [0.15, 0.2) is 0 Å². The van der Waals surface area contributed by atoms with Crippen molar-refractivity contribution in [3.05, 3.63) is 0 Å². The van der Waals surface area contributed by atoms with E-state index < -0.39 is 0 Å². The molecule has 2 nitrogen and oxygen atoms in total. The van der Waals surface area contributed by atoms with E-state index in [1.807, 2.05) is 13.8 Å². The molecule has 2 atom stereocenters. The predicted octanol–water partition coefficient (Wildman–Crippen LogP) is 1.76. The lowest BCUT2D eigenvalue weighted by Gasteiger charge is -2.14. The van der Waals surface area contributed by atoms with Crippen LogP contribution in [-0.4, -0.2) is 17.0 Å². The van der Waals surface area contributed by atoms with Gasteiger partial charge in [0.1, 0.15) is 5.78 Å². The van der Waals surface area contributed by atoms with Gasteiger partial charge >= 0.3 is 0 Å². The lowest BCUT2D eigenvalue weighted by atomic mass is 9.94. The molecule has 0 aliphatic rings. The molecule has 0 heterocycles. The fourth-order valence-corrected chi connectivity index (χ4v) is 1.12. The first kappa shape index (κ1) is 10.6. The second-order valence-electron chi connectivity index (χ2n) is 3.01. The number of carbonyl (C=O) groups is 1. The van der Waals surface area contributed by atoms with Gasteiger partial charge in [-0.1, -0.05) is 13.8 Å². The molecular formula is C9H18O2. The molecule has 0 aromatic carbocycles. The Balaban J connectivity index is 3.77. The predicted molar refractivity (Wildman–Crippen MR) is 45.4 cm³/mol. The van der Waals surface area contributed by atoms with E-state index in [0.29, 0.717) is 6.42 Å². The van der Waals surface area contributed by atoms with Gasteiger partial charge in [-0.05, 0) is 26.2 Å². The summed E-state index contributed by atoms with van der Waals surface area (Å²) in [5.74, 6) is 0.255. The van der Waals surface area contributed by atoms with E-state index in [0.717, 1.165) is 12.8 Å². The minimum absolute atomic E-state index is 0.0601. The van der Waals surface area contributed by atoms with Crippen molar-refractivity contribution in [3.8, 4) is 0 Å². The summed E-state index contributed by atoms with van der Waals surface area (Å²) in [6, 6.07) is 0. The van der Waals surface area contributed by atoms with E-state index in [1.54, 1.807) is 6.92 Å². The fraction of sp³-hybridized carbons (Fsp3) is 0.889. The maximum Gasteiger partial charge on any atom is 0.132 e. The van der Waals surface area contributed by atoms with Crippen molar-refractivity contribution in [2.24, 2.45) is 5.92 Å². The van der Waals surface area contributed by atoms with Gasteiger partial charge in [0.15, 0.2) is 0 Å². The van der Waals surface area contributed by atoms with Crippen LogP contribution in [0.1, 0.15) is 40.0 Å². The van der Waals surface area contributed by atoms with Gasteiger partial charge in [-0.15, -0.1) is 0 Å². The van der Waals surface area contributed by atoms with E-state index in [-0.39, 0.29) is 17.8 Å². The molecule has 0 saturated carbocycles. The molecule has 0 rings (SSSR count). The standard InChI is InChI=1S/C9H18O2/c1-4-8(7(3)10)6-9(11)5-2/h8-9,11H,4-6H2,1-3H3. The van der Waals surface area contributed by atoms with Crippen LogP contribution in [0.5, 0.6) is 0 Å². The summed E-state index contributed by atoms with van der Waals surface area (Å²) < 4.78 is 0. The van der Waals surface area contributed by atoms with Crippen molar-refractivity contribution < 1.29 is 9.90 Å². The van der Waals surface area contributed by atoms with Crippen LogP contribution < -0.4 is 0 Å². The van der Waals surface area contributed by atoms with Crippen LogP contribution in [0, 0.1) is 5.92 Å². The third-order valence-corrected chi connectivity index (χ3v) is 2.10. The fourth-order valence-electron chi connectivity index (χ4n) is 1.12. The van der Waals surface area contributed by atoms with Crippen LogP contribution in [0.3, 0.4) is 0 Å². The quantitative estimate of drug-likeness (QED) is 0.662. The summed E-state index contributed by atoms with van der Waals surface area (Å²) in [6.45, 7) is 5.50. The van der Waals surface area contributed by atoms with Crippen LogP contribution in [-0.2, 0) is 4.79 Å². The third-order valence-electron chi connectivity index (χ3n) is 2.10. The lowest BCUT2D eigenvalue weighted by Crippen LogP contribution is -2.17. The second kappa shape index (κ2) is 5.30. The molecule has 1 N–H and O–H groups in total. The Morgan fingerprint density at radius 1 is 1.36 bits per heavy atom. The molecule has 0 radical (unpaired) electrons. The Labute approximate surface area is 68.6 Å². The maximum absolute atomic E-state index is 10.9. The molecule has 11 heavy (non-hydrogen) atoms. The molecule has 0 fully saturated rings. The zero-order chi connectivity index (χ0) is 8.85. The Morgan fingerprint density at radius 3 is 2.18 bits per heavy atom. The van der Waals surface area contributed by atoms with Gasteiger partial charge < -0.3 is 5.11 Å². The van der Waals surface area contributed by atoms with Gasteiger partial charge in [-0.25, -0.2) is 0 Å². The molecule has 0 aliphatic heterocycles. The number of carbonyl (C=O) groups excluding carboxylic acids is 1. The summed E-state index contributed by atoms with van der Waals surface area (Å²) in [6.07, 6.45) is 1.90. The highest BCUT2D eigenvalue weighted by Gasteiger charge is 2.15. The van der Waals surface area contributed by atoms with Gasteiger partial charge in [-0.2, -0.15) is 0 Å². The maximum atomic E-state index is 10.9. The Bertz CT molecular complexity index is 121. The normalized spacial score (nSPS) is 16.0. The monoisotopic (exact) mass is 158 g/mol. The second-order valence-corrected chi connectivity index (χ2v) is 3.01. The molecule has 2 heteroatoms. The molecule has 0 saturated heterocycles. The number of rotatable bonds is 5. The SMILES string of the molecule is CCC(O)CC(CC)C(C)=O. The first-order chi connectivity index (χ1) is 5.11. The average Bonchev–Trinajstić information content (AvgIpc) is 1.99. The highest BCUT2D eigenvalue weighted by atomic mass is 16.3. The largest absolute Gasteiger partial charge is 0.393 e. The van der Waals surface area contributed by atoms with Gasteiger partial charge in [0.05, 0.1) is 6.10 Å². The van der Waals surface area contributed by atoms with Crippen molar-refractivity contribution in [1.29, 1.82) is 0 Å². The number of hydrogen-bond acceptors (Lipinski definition) is 2. The zero-order valence-electron chi connectivity index (χ0n) is 7.63. The van der Waals surface area contributed by atoms with Crippen molar-refractivity contribution >= 4 is 5.78 Å². The van der Waals surface area contributed by atoms with Crippen LogP contribution in [0.4, 0.5) is 0 Å². The van der Waals surface area contributed by atoms with Crippen LogP contribution in [0.25, 0.3) is 0 Å². The van der Waals surface area contributed by atoms with E-state index in [1.165, 1.54) is 0 Å². The van der Waals surface area contributed by atoms with Crippen LogP contribution >= 0.6 is 0 Å². The molecule has 0 aromatic heterocycles. The summed E-state index contributed by atoms with van der Waals surface area (Å²) in [5.41, 5.74) is 0. The number of aliphatic hydroxyl groups excluding tert-OH is 1. The Morgan fingerprint density at radius 2 is 1.91 bits per heavy atom. The first-order valence-electron chi connectivity index (χ1n) is 4.30. The minimum atomic E-state index is -0.302. The Hall–Kier alpha value is -0.370. The molecule has 0 bridgehead atoms. The van der Waals surface area contributed by atoms with Crippen molar-refractivity contribution in [2.45, 2.75) is 46.1 Å². The molecule has 66 valence electrons. The number of Topliss-reactive ketones (excluding diaryl/α,β-unsaturated/α-hetero) is 1. The van der Waals surface area contributed by atoms with E-state index in [4.69, 9.17) is 0 Å². The minimum Gasteiger partial charge on any atom is -0.393 e. The summed E-state index contributed by atoms with van der Waals surface area (Å²) >= 11 is 0. The van der Waals surface area contributed by atoms with E-state index in [2.05, 4.69) is 0 Å². The van der Waals surface area contributed by atoms with Crippen LogP contribution in [0.2, 0.25) is 0 Å². The van der Waals surface area contributed by atoms with Gasteiger partial charge in [-0.3, -0.25) is 4.79 Å². The smallest absolute Gasteiger partial charge is 0.132 e. The van der Waals surface area contributed by atoms with Gasteiger partial charge in [0.2, 0.25) is 0 Å². The molecule has 0 amide bonds. The topological polar surface area (TPSA) is 37.3 Å². The molecule has 0 aromatic rings.